The largest absolute Gasteiger partial charge is 0.327 e. The molecule has 1 saturated heterocycles. The highest BCUT2D eigenvalue weighted by molar-refractivity contribution is 5.77. The summed E-state index contributed by atoms with van der Waals surface area (Å²) in [5, 5.41) is 8.94. The van der Waals surface area contributed by atoms with Crippen molar-refractivity contribution in [2.24, 2.45) is 11.3 Å². The lowest BCUT2D eigenvalue weighted by Gasteiger charge is -2.29. The van der Waals surface area contributed by atoms with Gasteiger partial charge in [-0.05, 0) is 24.2 Å². The molecule has 2 atom stereocenters. The molecule has 0 N–H and O–H groups in total. The Morgan fingerprint density at radius 1 is 1.56 bits per heavy atom. The molecule has 0 aromatic heterocycles. The molecule has 1 amide bonds. The van der Waals surface area contributed by atoms with Crippen molar-refractivity contribution < 1.29 is 4.79 Å². The van der Waals surface area contributed by atoms with E-state index in [-0.39, 0.29) is 17.4 Å². The molecule has 1 aliphatic rings. The molecule has 16 heavy (non-hydrogen) atoms. The van der Waals surface area contributed by atoms with Crippen molar-refractivity contribution in [3.8, 4) is 6.07 Å². The Labute approximate surface area is 98.4 Å². The Kier molecular flexibility index (Phi) is 3.96. The number of hydrogen-bond donors (Lipinski definition) is 0. The Hall–Kier alpha value is -1.04. The van der Waals surface area contributed by atoms with E-state index in [9.17, 15) is 4.79 Å². The maximum Gasteiger partial charge on any atom is 0.223 e. The third-order valence-corrected chi connectivity index (χ3v) is 3.68. The van der Waals surface area contributed by atoms with E-state index in [2.05, 4.69) is 33.8 Å². The second-order valence-electron chi connectivity index (χ2n) is 5.85. The van der Waals surface area contributed by atoms with E-state index in [1.54, 1.807) is 4.90 Å². The van der Waals surface area contributed by atoms with Gasteiger partial charge in [-0.3, -0.25) is 4.79 Å². The molecular weight excluding hydrogens is 200 g/mol. The molecule has 0 saturated carbocycles. The van der Waals surface area contributed by atoms with E-state index in [0.29, 0.717) is 12.3 Å². The minimum atomic E-state index is -0.181. The number of nitriles is 1. The second kappa shape index (κ2) is 4.86. The lowest BCUT2D eigenvalue weighted by atomic mass is 9.80. The summed E-state index contributed by atoms with van der Waals surface area (Å²) in [6.07, 6.45) is 2.36. The standard InChI is InChI=1S/C13H22N2O/c1-10(13(2,3)4)8-12(16)15-7-5-6-11(15)9-14/h10-11H,5-8H2,1-4H3. The summed E-state index contributed by atoms with van der Waals surface area (Å²) in [7, 11) is 0. The predicted molar refractivity (Wildman–Crippen MR) is 63.6 cm³/mol. The molecule has 2 unspecified atom stereocenters. The number of nitrogens with zero attached hydrogens (tertiary/aromatic N) is 2. The van der Waals surface area contributed by atoms with E-state index in [1.165, 1.54) is 0 Å². The highest BCUT2D eigenvalue weighted by Gasteiger charge is 2.31. The first kappa shape index (κ1) is 13.0. The lowest BCUT2D eigenvalue weighted by molar-refractivity contribution is -0.132. The Morgan fingerprint density at radius 3 is 2.69 bits per heavy atom. The zero-order valence-corrected chi connectivity index (χ0v) is 10.8. The summed E-state index contributed by atoms with van der Waals surface area (Å²) in [4.78, 5) is 13.8. The average molecular weight is 222 g/mol. The van der Waals surface area contributed by atoms with Crippen LogP contribution in [0.2, 0.25) is 0 Å². The van der Waals surface area contributed by atoms with Gasteiger partial charge in [0.05, 0.1) is 6.07 Å². The van der Waals surface area contributed by atoms with Crippen molar-refractivity contribution in [1.82, 2.24) is 4.90 Å². The van der Waals surface area contributed by atoms with Crippen LogP contribution in [0.5, 0.6) is 0 Å². The Bertz CT molecular complexity index is 298. The zero-order chi connectivity index (χ0) is 12.3. The fourth-order valence-electron chi connectivity index (χ4n) is 1.88. The van der Waals surface area contributed by atoms with Crippen molar-refractivity contribution in [3.05, 3.63) is 0 Å². The maximum atomic E-state index is 12.0. The third kappa shape index (κ3) is 2.98. The van der Waals surface area contributed by atoms with Crippen LogP contribution in [-0.2, 0) is 4.79 Å². The van der Waals surface area contributed by atoms with Gasteiger partial charge in [-0.1, -0.05) is 27.7 Å². The minimum absolute atomic E-state index is 0.145. The molecule has 0 spiro atoms. The fourth-order valence-corrected chi connectivity index (χ4v) is 1.88. The van der Waals surface area contributed by atoms with Crippen LogP contribution in [0.4, 0.5) is 0 Å². The summed E-state index contributed by atoms with van der Waals surface area (Å²) < 4.78 is 0. The summed E-state index contributed by atoms with van der Waals surface area (Å²) in [6, 6.07) is 2.03. The van der Waals surface area contributed by atoms with E-state index in [4.69, 9.17) is 5.26 Å². The van der Waals surface area contributed by atoms with Crippen molar-refractivity contribution in [1.29, 1.82) is 5.26 Å². The molecule has 1 rings (SSSR count). The van der Waals surface area contributed by atoms with Crippen molar-refractivity contribution in [2.75, 3.05) is 6.54 Å². The topological polar surface area (TPSA) is 44.1 Å². The third-order valence-electron chi connectivity index (χ3n) is 3.68. The molecule has 0 aliphatic carbocycles. The monoisotopic (exact) mass is 222 g/mol. The molecule has 3 nitrogen and oxygen atoms in total. The van der Waals surface area contributed by atoms with E-state index < -0.39 is 0 Å². The van der Waals surface area contributed by atoms with Gasteiger partial charge >= 0.3 is 0 Å². The highest BCUT2D eigenvalue weighted by atomic mass is 16.2. The van der Waals surface area contributed by atoms with Crippen LogP contribution in [-0.4, -0.2) is 23.4 Å². The zero-order valence-electron chi connectivity index (χ0n) is 10.8. The molecule has 90 valence electrons. The summed E-state index contributed by atoms with van der Waals surface area (Å²) >= 11 is 0. The van der Waals surface area contributed by atoms with Crippen molar-refractivity contribution in [2.45, 2.75) is 53.0 Å². The van der Waals surface area contributed by atoms with Gasteiger partial charge in [0.1, 0.15) is 6.04 Å². The van der Waals surface area contributed by atoms with Crippen molar-refractivity contribution >= 4 is 5.91 Å². The van der Waals surface area contributed by atoms with Crippen LogP contribution in [0.1, 0.15) is 47.0 Å². The maximum absolute atomic E-state index is 12.0. The first-order valence-electron chi connectivity index (χ1n) is 6.05. The Morgan fingerprint density at radius 2 is 2.19 bits per heavy atom. The van der Waals surface area contributed by atoms with E-state index in [0.717, 1.165) is 19.4 Å². The van der Waals surface area contributed by atoms with Gasteiger partial charge < -0.3 is 4.90 Å². The van der Waals surface area contributed by atoms with Gasteiger partial charge in [0.15, 0.2) is 0 Å². The van der Waals surface area contributed by atoms with E-state index in [1.807, 2.05) is 0 Å². The number of carbonyl (C=O) groups is 1. The number of amides is 1. The molecule has 3 heteroatoms. The predicted octanol–water partition coefficient (Wildman–Crippen LogP) is 2.57. The number of likely N-dealkylation sites (tertiary alicyclic amines) is 1. The van der Waals surface area contributed by atoms with Gasteiger partial charge in [0.25, 0.3) is 0 Å². The molecular formula is C13H22N2O. The van der Waals surface area contributed by atoms with Crippen LogP contribution < -0.4 is 0 Å². The first-order chi connectivity index (χ1) is 7.36. The summed E-state index contributed by atoms with van der Waals surface area (Å²) in [5.41, 5.74) is 0.150. The first-order valence-corrected chi connectivity index (χ1v) is 6.05. The summed E-state index contributed by atoms with van der Waals surface area (Å²) in [5.74, 6) is 0.492. The minimum Gasteiger partial charge on any atom is -0.327 e. The molecule has 0 aromatic rings. The van der Waals surface area contributed by atoms with Crippen LogP contribution >= 0.6 is 0 Å². The molecule has 0 aromatic carbocycles. The SMILES string of the molecule is CC(CC(=O)N1CCCC1C#N)C(C)(C)C. The van der Waals surface area contributed by atoms with Gasteiger partial charge in [0, 0.05) is 13.0 Å². The van der Waals surface area contributed by atoms with Gasteiger partial charge in [-0.15, -0.1) is 0 Å². The molecule has 1 fully saturated rings. The quantitative estimate of drug-likeness (QED) is 0.720. The van der Waals surface area contributed by atoms with Crippen LogP contribution in [0.15, 0.2) is 0 Å². The van der Waals surface area contributed by atoms with Gasteiger partial charge in [0.2, 0.25) is 5.91 Å². The normalized spacial score (nSPS) is 22.9. The number of rotatable bonds is 2. The molecule has 1 heterocycles. The number of carbonyl (C=O) groups excluding carboxylic acids is 1. The van der Waals surface area contributed by atoms with Crippen LogP contribution in [0.25, 0.3) is 0 Å². The fraction of sp³-hybridized carbons (Fsp3) is 0.846. The van der Waals surface area contributed by atoms with Crippen LogP contribution in [0, 0.1) is 22.7 Å². The lowest BCUT2D eigenvalue weighted by Crippen LogP contribution is -2.36. The molecule has 0 bridgehead atoms. The smallest absolute Gasteiger partial charge is 0.223 e. The Balaban J connectivity index is 2.56. The van der Waals surface area contributed by atoms with Gasteiger partial charge in [-0.2, -0.15) is 5.26 Å². The highest BCUT2D eigenvalue weighted by Crippen LogP contribution is 2.29. The average Bonchev–Trinajstić information content (AvgIpc) is 2.63. The summed E-state index contributed by atoms with van der Waals surface area (Å²) in [6.45, 7) is 9.31. The second-order valence-corrected chi connectivity index (χ2v) is 5.85. The molecule has 1 aliphatic heterocycles. The number of hydrogen-bond acceptors (Lipinski definition) is 2. The molecule has 0 radical (unpaired) electrons. The van der Waals surface area contributed by atoms with Crippen LogP contribution in [0.3, 0.4) is 0 Å². The van der Waals surface area contributed by atoms with Gasteiger partial charge in [-0.25, -0.2) is 0 Å². The van der Waals surface area contributed by atoms with E-state index >= 15 is 0 Å². The van der Waals surface area contributed by atoms with Crippen molar-refractivity contribution in [3.63, 3.8) is 0 Å².